The fourth-order valence-corrected chi connectivity index (χ4v) is 2.45. The summed E-state index contributed by atoms with van der Waals surface area (Å²) in [5.41, 5.74) is 5.82. The molecule has 1 saturated heterocycles. The molecule has 0 aromatic rings. The van der Waals surface area contributed by atoms with Gasteiger partial charge in [0.2, 0.25) is 0 Å². The average molecular weight is 182 g/mol. The predicted octanol–water partition coefficient (Wildman–Crippen LogP) is 0.531. The molecule has 1 heterocycles. The second-order valence-electron chi connectivity index (χ2n) is 4.27. The molecule has 74 valence electrons. The molecule has 1 aliphatic carbocycles. The molecule has 0 aromatic heterocycles. The first-order chi connectivity index (χ1) is 6.27. The van der Waals surface area contributed by atoms with Crippen molar-refractivity contribution < 1.29 is 4.79 Å². The Morgan fingerprint density at radius 1 is 1.31 bits per heavy atom. The van der Waals surface area contributed by atoms with E-state index < -0.39 is 0 Å². The number of hydrogen-bond donors (Lipinski definition) is 1. The van der Waals surface area contributed by atoms with Crippen molar-refractivity contribution in [2.45, 2.75) is 44.2 Å². The van der Waals surface area contributed by atoms with Crippen LogP contribution in [0.1, 0.15) is 32.1 Å². The Morgan fingerprint density at radius 3 is 2.77 bits per heavy atom. The first kappa shape index (κ1) is 9.16. The fraction of sp³-hybridized carbons (Fsp3) is 0.900. The van der Waals surface area contributed by atoms with Gasteiger partial charge >= 0.3 is 0 Å². The monoisotopic (exact) mass is 182 g/mol. The van der Waals surface area contributed by atoms with E-state index in [0.717, 1.165) is 38.8 Å². The van der Waals surface area contributed by atoms with Gasteiger partial charge in [-0.15, -0.1) is 0 Å². The number of hydrogen-bond acceptors (Lipinski definition) is 3. The molecular weight excluding hydrogens is 164 g/mol. The van der Waals surface area contributed by atoms with Crippen molar-refractivity contribution in [2.75, 3.05) is 13.1 Å². The number of rotatable bonds is 1. The zero-order valence-corrected chi connectivity index (χ0v) is 8.04. The Labute approximate surface area is 79.3 Å². The van der Waals surface area contributed by atoms with Crippen molar-refractivity contribution in [1.29, 1.82) is 0 Å². The van der Waals surface area contributed by atoms with Crippen molar-refractivity contribution in [2.24, 2.45) is 5.73 Å². The summed E-state index contributed by atoms with van der Waals surface area (Å²) in [5.74, 6) is 0.445. The van der Waals surface area contributed by atoms with Gasteiger partial charge in [-0.1, -0.05) is 6.42 Å². The second kappa shape index (κ2) is 3.76. The van der Waals surface area contributed by atoms with Crippen LogP contribution in [0.15, 0.2) is 0 Å². The van der Waals surface area contributed by atoms with Crippen LogP contribution in [0, 0.1) is 0 Å². The Balaban J connectivity index is 1.95. The van der Waals surface area contributed by atoms with E-state index in [4.69, 9.17) is 5.73 Å². The van der Waals surface area contributed by atoms with Crippen molar-refractivity contribution >= 4 is 5.78 Å². The maximum absolute atomic E-state index is 11.6. The standard InChI is InChI=1S/C10H18N2O/c11-8-5-6-12(7-8)9-3-1-2-4-10(9)13/h8-9H,1-7,11H2. The highest BCUT2D eigenvalue weighted by molar-refractivity contribution is 5.84. The smallest absolute Gasteiger partial charge is 0.149 e. The number of carbonyl (C=O) groups is 1. The van der Waals surface area contributed by atoms with E-state index in [1.165, 1.54) is 6.42 Å². The highest BCUT2D eigenvalue weighted by Gasteiger charge is 2.31. The topological polar surface area (TPSA) is 46.3 Å². The number of likely N-dealkylation sites (tertiary alicyclic amines) is 1. The first-order valence-electron chi connectivity index (χ1n) is 5.30. The lowest BCUT2D eigenvalue weighted by Crippen LogP contribution is -2.42. The maximum atomic E-state index is 11.6. The lowest BCUT2D eigenvalue weighted by atomic mass is 9.93. The van der Waals surface area contributed by atoms with Gasteiger partial charge in [0.1, 0.15) is 5.78 Å². The minimum Gasteiger partial charge on any atom is -0.326 e. The van der Waals surface area contributed by atoms with Gasteiger partial charge in [-0.25, -0.2) is 0 Å². The summed E-state index contributed by atoms with van der Waals surface area (Å²) in [6.45, 7) is 1.95. The van der Waals surface area contributed by atoms with Gasteiger partial charge in [0.05, 0.1) is 6.04 Å². The van der Waals surface area contributed by atoms with Crippen LogP contribution >= 0.6 is 0 Å². The van der Waals surface area contributed by atoms with Gasteiger partial charge in [0, 0.05) is 25.6 Å². The van der Waals surface area contributed by atoms with E-state index in [1.807, 2.05) is 0 Å². The van der Waals surface area contributed by atoms with E-state index >= 15 is 0 Å². The molecule has 13 heavy (non-hydrogen) atoms. The molecule has 2 unspecified atom stereocenters. The van der Waals surface area contributed by atoms with Crippen molar-refractivity contribution in [3.8, 4) is 0 Å². The molecule has 2 N–H and O–H groups in total. The fourth-order valence-electron chi connectivity index (χ4n) is 2.45. The van der Waals surface area contributed by atoms with Crippen LogP contribution in [-0.2, 0) is 4.79 Å². The van der Waals surface area contributed by atoms with E-state index in [0.29, 0.717) is 11.8 Å². The van der Waals surface area contributed by atoms with E-state index in [9.17, 15) is 4.79 Å². The zero-order chi connectivity index (χ0) is 9.26. The molecule has 0 amide bonds. The molecule has 0 spiro atoms. The molecule has 3 nitrogen and oxygen atoms in total. The van der Waals surface area contributed by atoms with E-state index in [-0.39, 0.29) is 6.04 Å². The quantitative estimate of drug-likeness (QED) is 0.643. The normalized spacial score (nSPS) is 36.8. The number of Topliss-reactive ketones (excluding diaryl/α,β-unsaturated/α-hetero) is 1. The molecule has 1 aliphatic heterocycles. The lowest BCUT2D eigenvalue weighted by Gasteiger charge is -2.29. The average Bonchev–Trinajstić information content (AvgIpc) is 2.53. The third-order valence-electron chi connectivity index (χ3n) is 3.22. The van der Waals surface area contributed by atoms with Crippen LogP contribution in [0.4, 0.5) is 0 Å². The maximum Gasteiger partial charge on any atom is 0.149 e. The van der Waals surface area contributed by atoms with Crippen LogP contribution in [0.2, 0.25) is 0 Å². The largest absolute Gasteiger partial charge is 0.326 e. The summed E-state index contributed by atoms with van der Waals surface area (Å²) in [6, 6.07) is 0.511. The van der Waals surface area contributed by atoms with Gasteiger partial charge in [0.15, 0.2) is 0 Å². The van der Waals surface area contributed by atoms with Crippen LogP contribution in [-0.4, -0.2) is 35.9 Å². The van der Waals surface area contributed by atoms with Crippen molar-refractivity contribution in [3.05, 3.63) is 0 Å². The molecule has 0 radical (unpaired) electrons. The minimum absolute atomic E-state index is 0.210. The highest BCUT2D eigenvalue weighted by atomic mass is 16.1. The highest BCUT2D eigenvalue weighted by Crippen LogP contribution is 2.22. The summed E-state index contributed by atoms with van der Waals surface area (Å²) in [4.78, 5) is 13.9. The minimum atomic E-state index is 0.210. The Hall–Kier alpha value is -0.410. The predicted molar refractivity (Wildman–Crippen MR) is 51.4 cm³/mol. The van der Waals surface area contributed by atoms with Crippen molar-refractivity contribution in [1.82, 2.24) is 4.90 Å². The lowest BCUT2D eigenvalue weighted by molar-refractivity contribution is -0.125. The van der Waals surface area contributed by atoms with Gasteiger partial charge in [-0.2, -0.15) is 0 Å². The SMILES string of the molecule is NC1CCN(C2CCCCC2=O)C1. The molecule has 2 atom stereocenters. The van der Waals surface area contributed by atoms with E-state index in [1.54, 1.807) is 0 Å². The Morgan fingerprint density at radius 2 is 2.15 bits per heavy atom. The molecule has 2 rings (SSSR count). The van der Waals surface area contributed by atoms with Crippen LogP contribution in [0.5, 0.6) is 0 Å². The van der Waals surface area contributed by atoms with Crippen LogP contribution in [0.25, 0.3) is 0 Å². The summed E-state index contributed by atoms with van der Waals surface area (Å²) >= 11 is 0. The number of nitrogens with two attached hydrogens (primary N) is 1. The molecule has 2 fully saturated rings. The third kappa shape index (κ3) is 1.92. The summed E-state index contributed by atoms with van der Waals surface area (Å²) in [7, 11) is 0. The first-order valence-corrected chi connectivity index (χ1v) is 5.30. The second-order valence-corrected chi connectivity index (χ2v) is 4.27. The Kier molecular flexibility index (Phi) is 2.65. The molecule has 0 aromatic carbocycles. The zero-order valence-electron chi connectivity index (χ0n) is 8.04. The molecule has 3 heteroatoms. The van der Waals surface area contributed by atoms with Gasteiger partial charge in [-0.05, 0) is 19.3 Å². The number of carbonyl (C=O) groups excluding carboxylic acids is 1. The van der Waals surface area contributed by atoms with Crippen molar-refractivity contribution in [3.63, 3.8) is 0 Å². The number of ketones is 1. The molecule has 2 aliphatic rings. The number of nitrogens with zero attached hydrogens (tertiary/aromatic N) is 1. The summed E-state index contributed by atoms with van der Waals surface area (Å²) < 4.78 is 0. The van der Waals surface area contributed by atoms with Gasteiger partial charge in [0.25, 0.3) is 0 Å². The molecule has 1 saturated carbocycles. The summed E-state index contributed by atoms with van der Waals surface area (Å²) in [6.07, 6.45) is 5.21. The van der Waals surface area contributed by atoms with Gasteiger partial charge < -0.3 is 5.73 Å². The van der Waals surface area contributed by atoms with Gasteiger partial charge in [-0.3, -0.25) is 9.69 Å². The molecule has 0 bridgehead atoms. The Bertz CT molecular complexity index is 205. The van der Waals surface area contributed by atoms with Crippen LogP contribution < -0.4 is 5.73 Å². The van der Waals surface area contributed by atoms with E-state index in [2.05, 4.69) is 4.90 Å². The molecular formula is C10H18N2O. The summed E-state index contributed by atoms with van der Waals surface area (Å²) in [5, 5.41) is 0. The van der Waals surface area contributed by atoms with Crippen LogP contribution in [0.3, 0.4) is 0 Å². The third-order valence-corrected chi connectivity index (χ3v) is 3.22.